The summed E-state index contributed by atoms with van der Waals surface area (Å²) in [4.78, 5) is 26.1. The van der Waals surface area contributed by atoms with Crippen LogP contribution < -0.4 is 5.32 Å². The molecule has 0 bridgehead atoms. The van der Waals surface area contributed by atoms with Crippen LogP contribution in [0, 0.1) is 5.92 Å². The van der Waals surface area contributed by atoms with Crippen LogP contribution in [0.1, 0.15) is 31.4 Å². The highest BCUT2D eigenvalue weighted by Crippen LogP contribution is 2.46. The largest absolute Gasteiger partial charge is 0.480 e. The van der Waals surface area contributed by atoms with Crippen LogP contribution in [0.25, 0.3) is 0 Å². The zero-order valence-corrected chi connectivity index (χ0v) is 14.6. The van der Waals surface area contributed by atoms with Gasteiger partial charge in [-0.05, 0) is 44.5 Å². The third kappa shape index (κ3) is 3.55. The Labute approximate surface area is 146 Å². The fourth-order valence-electron chi connectivity index (χ4n) is 3.27. The van der Waals surface area contributed by atoms with E-state index in [-0.39, 0.29) is 25.0 Å². The van der Waals surface area contributed by atoms with Crippen molar-refractivity contribution in [1.82, 2.24) is 10.2 Å². The van der Waals surface area contributed by atoms with Crippen molar-refractivity contribution < 1.29 is 19.8 Å². The number of benzene rings is 1. The molecule has 0 radical (unpaired) electrons. The minimum atomic E-state index is -1.12. The van der Waals surface area contributed by atoms with Gasteiger partial charge in [-0.2, -0.15) is 0 Å². The van der Waals surface area contributed by atoms with E-state index in [0.717, 1.165) is 5.56 Å². The molecule has 1 fully saturated rings. The Kier molecular flexibility index (Phi) is 5.85. The van der Waals surface area contributed by atoms with Gasteiger partial charge in [0.1, 0.15) is 5.54 Å². The zero-order chi connectivity index (χ0) is 17.9. The molecule has 0 spiro atoms. The molecule has 1 aliphatic rings. The van der Waals surface area contributed by atoms with Gasteiger partial charge in [0, 0.05) is 24.2 Å². The van der Waals surface area contributed by atoms with Crippen molar-refractivity contribution in [2.75, 3.05) is 20.2 Å². The maximum absolute atomic E-state index is 12.6. The summed E-state index contributed by atoms with van der Waals surface area (Å²) in [6.45, 7) is 2.00. The number of carbonyl (C=O) groups is 2. The number of rotatable bonds is 6. The van der Waals surface area contributed by atoms with Crippen molar-refractivity contribution in [1.29, 1.82) is 0 Å². The smallest absolute Gasteiger partial charge is 0.323 e. The summed E-state index contributed by atoms with van der Waals surface area (Å²) in [5, 5.41) is 21.9. The van der Waals surface area contributed by atoms with Crippen LogP contribution in [-0.4, -0.2) is 52.7 Å². The van der Waals surface area contributed by atoms with E-state index in [1.54, 1.807) is 31.0 Å². The SMILES string of the molecule is CN1[C@@H](c2ccc(Cl)cc2)[C@@H](C(=O)NCCCO)C[C@@]1(C)C(=O)O. The number of hydrogen-bond acceptors (Lipinski definition) is 4. The number of amides is 1. The monoisotopic (exact) mass is 354 g/mol. The molecule has 24 heavy (non-hydrogen) atoms. The second kappa shape index (κ2) is 7.51. The maximum atomic E-state index is 12.6. The third-order valence-corrected chi connectivity index (χ3v) is 5.09. The second-order valence-corrected chi connectivity index (χ2v) is 6.80. The van der Waals surface area contributed by atoms with E-state index < -0.39 is 17.4 Å². The number of nitrogens with zero attached hydrogens (tertiary/aromatic N) is 1. The van der Waals surface area contributed by atoms with Crippen LogP contribution in [0.2, 0.25) is 5.02 Å². The molecular formula is C17H23ClN2O4. The lowest BCUT2D eigenvalue weighted by Gasteiger charge is -2.32. The van der Waals surface area contributed by atoms with Gasteiger partial charge < -0.3 is 15.5 Å². The van der Waals surface area contributed by atoms with Crippen LogP contribution in [0.5, 0.6) is 0 Å². The first-order valence-electron chi connectivity index (χ1n) is 7.91. The van der Waals surface area contributed by atoms with Crippen molar-refractivity contribution in [3.63, 3.8) is 0 Å². The van der Waals surface area contributed by atoms with Gasteiger partial charge in [-0.1, -0.05) is 23.7 Å². The molecule has 1 aromatic carbocycles. The molecule has 6 nitrogen and oxygen atoms in total. The predicted octanol–water partition coefficient (Wildman–Crippen LogP) is 1.67. The van der Waals surface area contributed by atoms with Gasteiger partial charge in [0.25, 0.3) is 0 Å². The average molecular weight is 355 g/mol. The van der Waals surface area contributed by atoms with Crippen molar-refractivity contribution in [2.45, 2.75) is 31.3 Å². The Hall–Kier alpha value is -1.63. The van der Waals surface area contributed by atoms with Crippen LogP contribution in [0.3, 0.4) is 0 Å². The molecule has 1 saturated heterocycles. The number of aliphatic carboxylic acids is 1. The number of carbonyl (C=O) groups excluding carboxylic acids is 1. The van der Waals surface area contributed by atoms with E-state index >= 15 is 0 Å². The summed E-state index contributed by atoms with van der Waals surface area (Å²) in [7, 11) is 1.73. The molecule has 0 saturated carbocycles. The molecule has 132 valence electrons. The number of halogens is 1. The molecule has 3 N–H and O–H groups in total. The Morgan fingerprint density at radius 3 is 2.54 bits per heavy atom. The minimum Gasteiger partial charge on any atom is -0.480 e. The zero-order valence-electron chi connectivity index (χ0n) is 13.8. The highest BCUT2D eigenvalue weighted by atomic mass is 35.5. The first kappa shape index (κ1) is 18.7. The Bertz CT molecular complexity index is 607. The quantitative estimate of drug-likeness (QED) is 0.676. The number of aliphatic hydroxyl groups is 1. The summed E-state index contributed by atoms with van der Waals surface area (Å²) in [6.07, 6.45) is 0.688. The van der Waals surface area contributed by atoms with Crippen molar-refractivity contribution in [3.05, 3.63) is 34.9 Å². The Morgan fingerprint density at radius 1 is 1.38 bits per heavy atom. The van der Waals surface area contributed by atoms with E-state index in [4.69, 9.17) is 16.7 Å². The van der Waals surface area contributed by atoms with E-state index in [0.29, 0.717) is 18.0 Å². The molecule has 2 rings (SSSR count). The number of carboxylic acid groups (broad SMARTS) is 1. The fraction of sp³-hybridized carbons (Fsp3) is 0.529. The van der Waals surface area contributed by atoms with Gasteiger partial charge in [0.05, 0.1) is 5.92 Å². The van der Waals surface area contributed by atoms with Crippen molar-refractivity contribution in [2.24, 2.45) is 5.92 Å². The second-order valence-electron chi connectivity index (χ2n) is 6.37. The predicted molar refractivity (Wildman–Crippen MR) is 90.8 cm³/mol. The molecule has 1 aromatic rings. The van der Waals surface area contributed by atoms with Gasteiger partial charge in [-0.15, -0.1) is 0 Å². The molecule has 7 heteroatoms. The lowest BCUT2D eigenvalue weighted by molar-refractivity contribution is -0.148. The van der Waals surface area contributed by atoms with Crippen LogP contribution >= 0.6 is 11.6 Å². The molecular weight excluding hydrogens is 332 g/mol. The molecule has 1 amide bonds. The van der Waals surface area contributed by atoms with Crippen LogP contribution in [0.4, 0.5) is 0 Å². The fourth-order valence-corrected chi connectivity index (χ4v) is 3.40. The lowest BCUT2D eigenvalue weighted by Crippen LogP contribution is -2.46. The van der Waals surface area contributed by atoms with E-state index in [9.17, 15) is 14.7 Å². The number of carboxylic acids is 1. The third-order valence-electron chi connectivity index (χ3n) is 4.84. The molecule has 3 atom stereocenters. The van der Waals surface area contributed by atoms with E-state index in [1.807, 2.05) is 12.1 Å². The van der Waals surface area contributed by atoms with E-state index in [1.165, 1.54) is 0 Å². The van der Waals surface area contributed by atoms with Gasteiger partial charge >= 0.3 is 5.97 Å². The van der Waals surface area contributed by atoms with E-state index in [2.05, 4.69) is 5.32 Å². The highest BCUT2D eigenvalue weighted by Gasteiger charge is 2.54. The number of likely N-dealkylation sites (N-methyl/N-ethyl adjacent to an activating group) is 1. The molecule has 1 heterocycles. The average Bonchev–Trinajstić information content (AvgIpc) is 2.82. The topological polar surface area (TPSA) is 89.9 Å². The van der Waals surface area contributed by atoms with Gasteiger partial charge in [-0.3, -0.25) is 14.5 Å². The van der Waals surface area contributed by atoms with Crippen molar-refractivity contribution >= 4 is 23.5 Å². The lowest BCUT2D eigenvalue weighted by atomic mass is 9.89. The number of likely N-dealkylation sites (tertiary alicyclic amines) is 1. The van der Waals surface area contributed by atoms with Gasteiger partial charge in [-0.25, -0.2) is 0 Å². The minimum absolute atomic E-state index is 0.00168. The summed E-state index contributed by atoms with van der Waals surface area (Å²) in [5.41, 5.74) is -0.266. The summed E-state index contributed by atoms with van der Waals surface area (Å²) < 4.78 is 0. The Balaban J connectivity index is 2.32. The summed E-state index contributed by atoms with van der Waals surface area (Å²) >= 11 is 5.93. The molecule has 0 unspecified atom stereocenters. The van der Waals surface area contributed by atoms with Crippen LogP contribution in [-0.2, 0) is 9.59 Å². The van der Waals surface area contributed by atoms with Crippen LogP contribution in [0.15, 0.2) is 24.3 Å². The molecule has 1 aliphatic heterocycles. The van der Waals surface area contributed by atoms with Gasteiger partial charge in [0.2, 0.25) is 5.91 Å². The van der Waals surface area contributed by atoms with Gasteiger partial charge in [0.15, 0.2) is 0 Å². The summed E-state index contributed by atoms with van der Waals surface area (Å²) in [6, 6.07) is 6.78. The highest BCUT2D eigenvalue weighted by molar-refractivity contribution is 6.30. The molecule has 0 aromatic heterocycles. The normalized spacial score (nSPS) is 27.2. The Morgan fingerprint density at radius 2 is 2.00 bits per heavy atom. The van der Waals surface area contributed by atoms with Crippen molar-refractivity contribution in [3.8, 4) is 0 Å². The maximum Gasteiger partial charge on any atom is 0.323 e. The summed E-state index contributed by atoms with van der Waals surface area (Å²) in [5.74, 6) is -1.63. The number of hydrogen-bond donors (Lipinski definition) is 3. The number of nitrogens with one attached hydrogen (secondary N) is 1. The number of aliphatic hydroxyl groups excluding tert-OH is 1. The first-order chi connectivity index (χ1) is 11.3. The first-order valence-corrected chi connectivity index (χ1v) is 8.29. The molecule has 0 aliphatic carbocycles. The standard InChI is InChI=1S/C17H23ClN2O4/c1-17(16(23)24)10-13(15(22)19-8-3-9-21)14(20(17)2)11-4-6-12(18)7-5-11/h4-7,13-14,21H,3,8-10H2,1-2H3,(H,19,22)(H,23,24)/t13-,14-,17-/m0/s1.